The van der Waals surface area contributed by atoms with E-state index in [1.807, 2.05) is 37.3 Å². The topological polar surface area (TPSA) is 64.1 Å². The maximum atomic E-state index is 13.9. The van der Waals surface area contributed by atoms with E-state index in [1.54, 1.807) is 20.2 Å². The summed E-state index contributed by atoms with van der Waals surface area (Å²) in [6, 6.07) is 12.3. The molecule has 28 heavy (non-hydrogen) atoms. The van der Waals surface area contributed by atoms with E-state index in [0.29, 0.717) is 32.3 Å². The smallest absolute Gasteiger partial charge is 0.191 e. The lowest BCUT2D eigenvalue weighted by atomic mass is 10.2. The predicted octanol–water partition coefficient (Wildman–Crippen LogP) is 3.60. The highest BCUT2D eigenvalue weighted by atomic mass is 127. The number of benzene rings is 2. The van der Waals surface area contributed by atoms with E-state index in [0.717, 1.165) is 17.1 Å². The number of hydrogen-bond acceptors (Lipinski definition) is 4. The van der Waals surface area contributed by atoms with Crippen molar-refractivity contribution in [2.45, 2.75) is 13.5 Å². The Kier molecular flexibility index (Phi) is 11.1. The van der Waals surface area contributed by atoms with Gasteiger partial charge in [-0.1, -0.05) is 6.07 Å². The summed E-state index contributed by atoms with van der Waals surface area (Å²) in [4.78, 5) is 4.14. The standard InChI is InChI=1S/C20H26FN3O3.HI/c1-4-26-19-10-5-15(13-18(19)21)14-24-20(22-2)23-11-12-27-17-8-6-16(25-3)7-9-17;/h5-10,13H,4,11-12,14H2,1-3H3,(H2,22,23,24);1H. The van der Waals surface area contributed by atoms with Crippen molar-refractivity contribution in [1.29, 1.82) is 0 Å². The number of ether oxygens (including phenoxy) is 3. The van der Waals surface area contributed by atoms with Crippen LogP contribution in [-0.4, -0.2) is 39.9 Å². The summed E-state index contributed by atoms with van der Waals surface area (Å²) in [5.41, 5.74) is 0.799. The lowest BCUT2D eigenvalue weighted by Crippen LogP contribution is -2.38. The fourth-order valence-electron chi connectivity index (χ4n) is 2.34. The number of halogens is 2. The van der Waals surface area contributed by atoms with E-state index in [2.05, 4.69) is 15.6 Å². The minimum absolute atomic E-state index is 0. The molecule has 0 saturated heterocycles. The first-order valence-electron chi connectivity index (χ1n) is 8.78. The van der Waals surface area contributed by atoms with E-state index < -0.39 is 0 Å². The fourth-order valence-corrected chi connectivity index (χ4v) is 2.34. The van der Waals surface area contributed by atoms with Crippen molar-refractivity contribution in [3.63, 3.8) is 0 Å². The Morgan fingerprint density at radius 1 is 1.04 bits per heavy atom. The summed E-state index contributed by atoms with van der Waals surface area (Å²) >= 11 is 0. The van der Waals surface area contributed by atoms with Crippen LogP contribution in [0.1, 0.15) is 12.5 Å². The summed E-state index contributed by atoms with van der Waals surface area (Å²) < 4.78 is 29.8. The maximum Gasteiger partial charge on any atom is 0.191 e. The predicted molar refractivity (Wildman–Crippen MR) is 120 cm³/mol. The summed E-state index contributed by atoms with van der Waals surface area (Å²) in [5, 5.41) is 6.29. The number of methoxy groups -OCH3 is 1. The highest BCUT2D eigenvalue weighted by Crippen LogP contribution is 2.18. The first-order chi connectivity index (χ1) is 13.2. The van der Waals surface area contributed by atoms with Crippen LogP contribution < -0.4 is 24.8 Å². The summed E-state index contributed by atoms with van der Waals surface area (Å²) in [5.74, 6) is 2.07. The van der Waals surface area contributed by atoms with Gasteiger partial charge in [0.15, 0.2) is 17.5 Å². The molecule has 0 heterocycles. The maximum absolute atomic E-state index is 13.9. The average Bonchev–Trinajstić information content (AvgIpc) is 2.70. The van der Waals surface area contributed by atoms with Crippen molar-refractivity contribution in [1.82, 2.24) is 10.6 Å². The van der Waals surface area contributed by atoms with Gasteiger partial charge in [0, 0.05) is 13.6 Å². The molecule has 0 aliphatic rings. The molecule has 2 aromatic carbocycles. The molecule has 0 amide bonds. The van der Waals surface area contributed by atoms with Gasteiger partial charge in [-0.05, 0) is 48.9 Å². The third-order valence-electron chi connectivity index (χ3n) is 3.70. The monoisotopic (exact) mass is 503 g/mol. The summed E-state index contributed by atoms with van der Waals surface area (Å²) in [6.45, 7) is 3.75. The van der Waals surface area contributed by atoms with Crippen LogP contribution in [0.25, 0.3) is 0 Å². The molecule has 154 valence electrons. The molecule has 8 heteroatoms. The van der Waals surface area contributed by atoms with E-state index in [1.165, 1.54) is 6.07 Å². The van der Waals surface area contributed by atoms with Crippen LogP contribution in [0.3, 0.4) is 0 Å². The van der Waals surface area contributed by atoms with E-state index >= 15 is 0 Å². The molecule has 0 spiro atoms. The Balaban J connectivity index is 0.00000392. The number of aliphatic imine (C=N–C) groups is 1. The van der Waals surface area contributed by atoms with Crippen LogP contribution in [0.5, 0.6) is 17.2 Å². The molecule has 0 aliphatic heterocycles. The largest absolute Gasteiger partial charge is 0.497 e. The van der Waals surface area contributed by atoms with Crippen molar-refractivity contribution >= 4 is 29.9 Å². The third kappa shape index (κ3) is 7.79. The zero-order valence-corrected chi connectivity index (χ0v) is 18.7. The van der Waals surface area contributed by atoms with Gasteiger partial charge in [-0.15, -0.1) is 24.0 Å². The van der Waals surface area contributed by atoms with Crippen LogP contribution in [-0.2, 0) is 6.54 Å². The van der Waals surface area contributed by atoms with Gasteiger partial charge < -0.3 is 24.8 Å². The molecule has 0 aliphatic carbocycles. The molecule has 0 atom stereocenters. The van der Waals surface area contributed by atoms with E-state index in [-0.39, 0.29) is 35.5 Å². The van der Waals surface area contributed by atoms with Gasteiger partial charge in [-0.2, -0.15) is 0 Å². The Morgan fingerprint density at radius 3 is 2.36 bits per heavy atom. The Bertz CT molecular complexity index is 742. The third-order valence-corrected chi connectivity index (χ3v) is 3.70. The molecule has 0 fully saturated rings. The van der Waals surface area contributed by atoms with Gasteiger partial charge >= 0.3 is 0 Å². The molecule has 0 saturated carbocycles. The van der Waals surface area contributed by atoms with Crippen molar-refractivity contribution < 1.29 is 18.6 Å². The molecule has 0 aromatic heterocycles. The SMILES string of the molecule is CCOc1ccc(CNC(=NC)NCCOc2ccc(OC)cc2)cc1F.I. The molecule has 0 radical (unpaired) electrons. The van der Waals surface area contributed by atoms with Gasteiger partial charge in [0.1, 0.15) is 18.1 Å². The number of hydrogen-bond donors (Lipinski definition) is 2. The molecule has 0 unspecified atom stereocenters. The second-order valence-electron chi connectivity index (χ2n) is 5.57. The molecule has 2 aromatic rings. The van der Waals surface area contributed by atoms with Crippen molar-refractivity contribution in [2.24, 2.45) is 4.99 Å². The first kappa shape index (κ1) is 23.8. The van der Waals surface area contributed by atoms with Crippen LogP contribution in [0.4, 0.5) is 4.39 Å². The molecule has 2 N–H and O–H groups in total. The Labute approximate surface area is 182 Å². The number of nitrogens with one attached hydrogen (secondary N) is 2. The van der Waals surface area contributed by atoms with Crippen LogP contribution in [0.2, 0.25) is 0 Å². The Morgan fingerprint density at radius 2 is 1.75 bits per heavy atom. The van der Waals surface area contributed by atoms with Gasteiger partial charge in [0.05, 0.1) is 20.3 Å². The quantitative estimate of drug-likeness (QED) is 0.237. The molecular formula is C20H27FIN3O3. The lowest BCUT2D eigenvalue weighted by molar-refractivity contribution is 0.320. The number of guanidine groups is 1. The van der Waals surface area contributed by atoms with Crippen molar-refractivity contribution in [3.8, 4) is 17.2 Å². The summed E-state index contributed by atoms with van der Waals surface area (Å²) in [7, 11) is 3.30. The van der Waals surface area contributed by atoms with E-state index in [9.17, 15) is 4.39 Å². The molecular weight excluding hydrogens is 476 g/mol. The number of nitrogens with zero attached hydrogens (tertiary/aromatic N) is 1. The van der Waals surface area contributed by atoms with Crippen LogP contribution in [0, 0.1) is 5.82 Å². The molecule has 0 bridgehead atoms. The number of rotatable bonds is 9. The minimum Gasteiger partial charge on any atom is -0.497 e. The zero-order valence-electron chi connectivity index (χ0n) is 16.3. The highest BCUT2D eigenvalue weighted by Gasteiger charge is 2.05. The van der Waals surface area contributed by atoms with Gasteiger partial charge in [-0.3, -0.25) is 4.99 Å². The molecule has 2 rings (SSSR count). The zero-order chi connectivity index (χ0) is 19.5. The highest BCUT2D eigenvalue weighted by molar-refractivity contribution is 14.0. The van der Waals surface area contributed by atoms with Crippen LogP contribution in [0.15, 0.2) is 47.5 Å². The Hall–Kier alpha value is -2.23. The molecule has 6 nitrogen and oxygen atoms in total. The second-order valence-corrected chi connectivity index (χ2v) is 5.57. The first-order valence-corrected chi connectivity index (χ1v) is 8.78. The van der Waals surface area contributed by atoms with Gasteiger partial charge in [0.2, 0.25) is 0 Å². The van der Waals surface area contributed by atoms with Gasteiger partial charge in [0.25, 0.3) is 0 Å². The second kappa shape index (κ2) is 13.0. The minimum atomic E-state index is -0.369. The summed E-state index contributed by atoms with van der Waals surface area (Å²) in [6.07, 6.45) is 0. The van der Waals surface area contributed by atoms with Crippen molar-refractivity contribution in [2.75, 3.05) is 33.9 Å². The average molecular weight is 503 g/mol. The van der Waals surface area contributed by atoms with Gasteiger partial charge in [-0.25, -0.2) is 4.39 Å². The van der Waals surface area contributed by atoms with Crippen molar-refractivity contribution in [3.05, 3.63) is 53.8 Å². The lowest BCUT2D eigenvalue weighted by Gasteiger charge is -2.13. The van der Waals surface area contributed by atoms with E-state index in [4.69, 9.17) is 14.2 Å². The fraction of sp³-hybridized carbons (Fsp3) is 0.350. The normalized spacial score (nSPS) is 10.6. The van der Waals surface area contributed by atoms with Crippen LogP contribution >= 0.6 is 24.0 Å².